The van der Waals surface area contributed by atoms with Gasteiger partial charge >= 0.3 is 0 Å². The molecule has 0 saturated heterocycles. The molecule has 0 aliphatic carbocycles. The van der Waals surface area contributed by atoms with E-state index in [0.717, 1.165) is 10.6 Å². The number of nitrogens with zero attached hydrogens (tertiary/aromatic N) is 2. The van der Waals surface area contributed by atoms with Crippen molar-refractivity contribution in [2.45, 2.75) is 10.6 Å². The minimum absolute atomic E-state index is 0.173. The highest BCUT2D eigenvalue weighted by atomic mass is 35.5. The zero-order valence-corrected chi connectivity index (χ0v) is 14.7. The number of nitrogens with two attached hydrogens (primary N) is 1. The number of halogens is 1. The number of nitrogen functional groups attached to an aromatic ring is 1. The molecule has 0 aliphatic heterocycles. The Morgan fingerprint density at radius 2 is 1.88 bits per heavy atom. The number of anilines is 2. The molecule has 3 N–H and O–H groups in total. The number of carbonyl (C=O) groups is 1. The summed E-state index contributed by atoms with van der Waals surface area (Å²) >= 11 is 7.39. The Labute approximate surface area is 154 Å². The van der Waals surface area contributed by atoms with E-state index in [1.807, 2.05) is 18.2 Å². The van der Waals surface area contributed by atoms with E-state index < -0.39 is 0 Å². The molecular weight excluding hydrogens is 356 g/mol. The van der Waals surface area contributed by atoms with Gasteiger partial charge in [0.2, 0.25) is 5.95 Å². The highest BCUT2D eigenvalue weighted by Crippen LogP contribution is 2.26. The van der Waals surface area contributed by atoms with Crippen LogP contribution in [-0.2, 0) is 5.75 Å². The Morgan fingerprint density at radius 1 is 1.12 bits per heavy atom. The van der Waals surface area contributed by atoms with Crippen molar-refractivity contribution in [2.24, 2.45) is 0 Å². The van der Waals surface area contributed by atoms with Gasteiger partial charge in [0.15, 0.2) is 0 Å². The number of hydrogen-bond acceptors (Lipinski definition) is 5. The van der Waals surface area contributed by atoms with E-state index in [4.69, 9.17) is 17.3 Å². The molecule has 1 amide bonds. The quantitative estimate of drug-likeness (QED) is 0.656. The number of benzene rings is 2. The lowest BCUT2D eigenvalue weighted by Crippen LogP contribution is -2.12. The smallest absolute Gasteiger partial charge is 0.256 e. The maximum Gasteiger partial charge on any atom is 0.256 e. The van der Waals surface area contributed by atoms with Crippen LogP contribution in [0.3, 0.4) is 0 Å². The molecule has 3 rings (SSSR count). The van der Waals surface area contributed by atoms with Crippen molar-refractivity contribution in [3.05, 3.63) is 77.1 Å². The number of hydrogen-bond donors (Lipinski definition) is 2. The predicted octanol–water partition coefficient (Wildman–Crippen LogP) is 4.26. The minimum atomic E-state index is -0.173. The van der Waals surface area contributed by atoms with Crippen molar-refractivity contribution < 1.29 is 4.79 Å². The molecule has 2 aromatic carbocycles. The molecule has 0 radical (unpaired) electrons. The number of carbonyl (C=O) groups excluding carboxylic acids is 1. The number of rotatable bonds is 5. The molecule has 0 aliphatic rings. The fourth-order valence-corrected chi connectivity index (χ4v) is 3.24. The summed E-state index contributed by atoms with van der Waals surface area (Å²) in [6, 6.07) is 16.2. The fourth-order valence-electron chi connectivity index (χ4n) is 2.16. The van der Waals surface area contributed by atoms with Gasteiger partial charge in [0.1, 0.15) is 0 Å². The summed E-state index contributed by atoms with van der Waals surface area (Å²) in [5, 5.41) is 3.50. The van der Waals surface area contributed by atoms with Crippen molar-refractivity contribution in [1.29, 1.82) is 0 Å². The largest absolute Gasteiger partial charge is 0.368 e. The molecule has 3 aromatic rings. The minimum Gasteiger partial charge on any atom is -0.368 e. The van der Waals surface area contributed by atoms with Crippen molar-refractivity contribution in [2.75, 3.05) is 11.1 Å². The third kappa shape index (κ3) is 4.71. The summed E-state index contributed by atoms with van der Waals surface area (Å²) in [4.78, 5) is 21.5. The van der Waals surface area contributed by atoms with Crippen LogP contribution in [0.4, 0.5) is 11.6 Å². The van der Waals surface area contributed by atoms with Crippen molar-refractivity contribution in [1.82, 2.24) is 9.97 Å². The first-order valence-electron chi connectivity index (χ1n) is 7.48. The second kappa shape index (κ2) is 8.00. The van der Waals surface area contributed by atoms with E-state index in [0.29, 0.717) is 22.0 Å². The van der Waals surface area contributed by atoms with E-state index in [1.54, 1.807) is 42.6 Å². The second-order valence-electron chi connectivity index (χ2n) is 5.15. The normalized spacial score (nSPS) is 10.4. The summed E-state index contributed by atoms with van der Waals surface area (Å²) in [5.41, 5.74) is 7.70. The summed E-state index contributed by atoms with van der Waals surface area (Å²) in [5.74, 6) is 0.664. The molecule has 0 bridgehead atoms. The van der Waals surface area contributed by atoms with Crippen LogP contribution in [0.1, 0.15) is 16.1 Å². The van der Waals surface area contributed by atoms with Crippen LogP contribution in [-0.4, -0.2) is 15.9 Å². The van der Waals surface area contributed by atoms with Crippen molar-refractivity contribution in [3.63, 3.8) is 0 Å². The molecule has 126 valence electrons. The van der Waals surface area contributed by atoms with Crippen LogP contribution >= 0.6 is 23.4 Å². The molecule has 25 heavy (non-hydrogen) atoms. The SMILES string of the molecule is Nc1nccc(CSc2ccccc2C(=O)Nc2ccc(Cl)cc2)n1. The molecular formula is C18H15ClN4OS. The van der Waals surface area contributed by atoms with E-state index in [9.17, 15) is 4.79 Å². The molecule has 0 atom stereocenters. The Bertz CT molecular complexity index is 886. The van der Waals surface area contributed by atoms with E-state index >= 15 is 0 Å². The van der Waals surface area contributed by atoms with E-state index in [-0.39, 0.29) is 11.9 Å². The number of nitrogens with one attached hydrogen (secondary N) is 1. The molecule has 1 heterocycles. The van der Waals surface area contributed by atoms with Gasteiger partial charge < -0.3 is 11.1 Å². The monoisotopic (exact) mass is 370 g/mol. The van der Waals surface area contributed by atoms with Gasteiger partial charge in [0.05, 0.1) is 11.3 Å². The number of aromatic nitrogens is 2. The first kappa shape index (κ1) is 17.3. The highest BCUT2D eigenvalue weighted by molar-refractivity contribution is 7.98. The first-order valence-corrected chi connectivity index (χ1v) is 8.84. The Hall–Kier alpha value is -2.57. The summed E-state index contributed by atoms with van der Waals surface area (Å²) < 4.78 is 0. The molecule has 7 heteroatoms. The van der Waals surface area contributed by atoms with Crippen molar-refractivity contribution in [3.8, 4) is 0 Å². The van der Waals surface area contributed by atoms with Crippen LogP contribution < -0.4 is 11.1 Å². The van der Waals surface area contributed by atoms with Crippen LogP contribution in [0, 0.1) is 0 Å². The average molecular weight is 371 g/mol. The Kier molecular flexibility index (Phi) is 5.53. The third-order valence-electron chi connectivity index (χ3n) is 3.34. The molecule has 0 spiro atoms. The first-order chi connectivity index (χ1) is 12.1. The van der Waals surface area contributed by atoms with Crippen LogP contribution in [0.5, 0.6) is 0 Å². The number of amides is 1. The van der Waals surface area contributed by atoms with Crippen LogP contribution in [0.25, 0.3) is 0 Å². The van der Waals surface area contributed by atoms with Crippen LogP contribution in [0.15, 0.2) is 65.7 Å². The number of thioether (sulfide) groups is 1. The Morgan fingerprint density at radius 3 is 2.64 bits per heavy atom. The lowest BCUT2D eigenvalue weighted by atomic mass is 10.2. The van der Waals surface area contributed by atoms with E-state index in [1.165, 1.54) is 11.8 Å². The summed E-state index contributed by atoms with van der Waals surface area (Å²) in [6.07, 6.45) is 1.62. The topological polar surface area (TPSA) is 80.9 Å². The zero-order valence-electron chi connectivity index (χ0n) is 13.1. The predicted molar refractivity (Wildman–Crippen MR) is 102 cm³/mol. The maximum atomic E-state index is 12.6. The summed E-state index contributed by atoms with van der Waals surface area (Å²) in [6.45, 7) is 0. The van der Waals surface area contributed by atoms with Gasteiger partial charge in [0.25, 0.3) is 5.91 Å². The average Bonchev–Trinajstić information content (AvgIpc) is 2.62. The van der Waals surface area contributed by atoms with Gasteiger partial charge in [-0.05, 0) is 42.5 Å². The standard InChI is InChI=1S/C18H15ClN4OS/c19-12-5-7-13(8-6-12)22-17(24)15-3-1-2-4-16(15)25-11-14-9-10-21-18(20)23-14/h1-10H,11H2,(H,22,24)(H2,20,21,23). The molecule has 0 saturated carbocycles. The molecule has 0 fully saturated rings. The zero-order chi connectivity index (χ0) is 17.6. The van der Waals surface area contributed by atoms with Gasteiger partial charge in [0, 0.05) is 27.6 Å². The maximum absolute atomic E-state index is 12.6. The highest BCUT2D eigenvalue weighted by Gasteiger charge is 2.12. The second-order valence-corrected chi connectivity index (χ2v) is 6.61. The van der Waals surface area contributed by atoms with Crippen molar-refractivity contribution >= 4 is 40.9 Å². The fraction of sp³-hybridized carbons (Fsp3) is 0.0556. The van der Waals surface area contributed by atoms with E-state index in [2.05, 4.69) is 15.3 Å². The van der Waals surface area contributed by atoms with Gasteiger partial charge in [-0.3, -0.25) is 4.79 Å². The molecule has 5 nitrogen and oxygen atoms in total. The summed E-state index contributed by atoms with van der Waals surface area (Å²) in [7, 11) is 0. The lowest BCUT2D eigenvalue weighted by molar-refractivity contribution is 0.102. The van der Waals surface area contributed by atoms with Crippen LogP contribution in [0.2, 0.25) is 5.02 Å². The van der Waals surface area contributed by atoms with Gasteiger partial charge in [-0.1, -0.05) is 23.7 Å². The van der Waals surface area contributed by atoms with Gasteiger partial charge in [-0.15, -0.1) is 11.8 Å². The van der Waals surface area contributed by atoms with Gasteiger partial charge in [-0.25, -0.2) is 9.97 Å². The third-order valence-corrected chi connectivity index (χ3v) is 4.70. The molecule has 0 unspecified atom stereocenters. The lowest BCUT2D eigenvalue weighted by Gasteiger charge is -2.10. The molecule has 1 aromatic heterocycles. The Balaban J connectivity index is 1.73. The van der Waals surface area contributed by atoms with Gasteiger partial charge in [-0.2, -0.15) is 0 Å².